The highest BCUT2D eigenvalue weighted by atomic mass is 19.2. The molecule has 2 heterocycles. The second-order valence-electron chi connectivity index (χ2n) is 9.24. The average molecular weight is 512 g/mol. The molecule has 36 heavy (non-hydrogen) atoms. The number of nitrogens with zero attached hydrogens (tertiary/aromatic N) is 4. The number of halogens is 3. The molecule has 1 N–H and O–H groups in total. The number of hydrogen-bond acceptors (Lipinski definition) is 7. The normalized spacial score (nSPS) is 14.1. The number of benzene rings is 1. The molecule has 0 saturated carbocycles. The van der Waals surface area contributed by atoms with E-state index in [1.807, 2.05) is 0 Å². The lowest BCUT2D eigenvalue weighted by molar-refractivity contribution is -0.133. The summed E-state index contributed by atoms with van der Waals surface area (Å²) >= 11 is 0. The standard InChI is InChI=1S/C23H28F3N5O5/c1-5-35-21(33)20-29-28-18-12-30(6-7-31(18)20)19(32)10-14(27-22(34)36-23(2,3)4)8-13-9-16(25)17(26)11-15(13)24/h9,11,14H,5-8,10,12H2,1-4H3,(H,27,34)/t14-/m1/s1. The van der Waals surface area contributed by atoms with Crippen molar-refractivity contribution in [2.45, 2.75) is 65.3 Å². The lowest BCUT2D eigenvalue weighted by Gasteiger charge is -2.30. The van der Waals surface area contributed by atoms with Gasteiger partial charge in [-0.25, -0.2) is 22.8 Å². The summed E-state index contributed by atoms with van der Waals surface area (Å²) in [5, 5.41) is 10.3. The summed E-state index contributed by atoms with van der Waals surface area (Å²) in [7, 11) is 0. The zero-order chi connectivity index (χ0) is 26.6. The van der Waals surface area contributed by atoms with Gasteiger partial charge in [-0.3, -0.25) is 4.79 Å². The number of aromatic nitrogens is 3. The van der Waals surface area contributed by atoms with E-state index in [0.29, 0.717) is 18.0 Å². The van der Waals surface area contributed by atoms with Crippen molar-refractivity contribution in [1.29, 1.82) is 0 Å². The minimum atomic E-state index is -1.34. The molecule has 10 nitrogen and oxygen atoms in total. The molecule has 0 fully saturated rings. The Morgan fingerprint density at radius 2 is 1.78 bits per heavy atom. The Bertz CT molecular complexity index is 1150. The van der Waals surface area contributed by atoms with E-state index in [4.69, 9.17) is 9.47 Å². The van der Waals surface area contributed by atoms with Crippen molar-refractivity contribution in [2.75, 3.05) is 13.2 Å². The van der Waals surface area contributed by atoms with Gasteiger partial charge in [0, 0.05) is 31.6 Å². The van der Waals surface area contributed by atoms with Gasteiger partial charge in [0.1, 0.15) is 11.4 Å². The summed E-state index contributed by atoms with van der Waals surface area (Å²) < 4.78 is 53.1. The minimum absolute atomic E-state index is 0.0391. The van der Waals surface area contributed by atoms with E-state index in [1.165, 1.54) is 4.90 Å². The first-order chi connectivity index (χ1) is 16.9. The van der Waals surface area contributed by atoms with Crippen molar-refractivity contribution < 1.29 is 37.0 Å². The number of fused-ring (bicyclic) bond motifs is 1. The summed E-state index contributed by atoms with van der Waals surface area (Å²) in [5.41, 5.74) is -1.04. The number of nitrogens with one attached hydrogen (secondary N) is 1. The second-order valence-corrected chi connectivity index (χ2v) is 9.24. The highest BCUT2D eigenvalue weighted by molar-refractivity contribution is 5.85. The first-order valence-corrected chi connectivity index (χ1v) is 11.4. The van der Waals surface area contributed by atoms with Crippen LogP contribution in [0.15, 0.2) is 12.1 Å². The topological polar surface area (TPSA) is 116 Å². The van der Waals surface area contributed by atoms with Gasteiger partial charge in [-0.2, -0.15) is 0 Å². The van der Waals surface area contributed by atoms with Gasteiger partial charge in [-0.05, 0) is 45.7 Å². The summed E-state index contributed by atoms with van der Waals surface area (Å²) in [6.07, 6.45) is -1.41. The molecule has 0 radical (unpaired) electrons. The fraction of sp³-hybridized carbons (Fsp3) is 0.522. The molecule has 3 rings (SSSR count). The van der Waals surface area contributed by atoms with Gasteiger partial charge in [0.05, 0.1) is 13.2 Å². The first kappa shape index (κ1) is 27.0. The molecule has 0 aliphatic carbocycles. The summed E-state index contributed by atoms with van der Waals surface area (Å²) in [6.45, 7) is 7.29. The molecular weight excluding hydrogens is 483 g/mol. The number of hydrogen-bond donors (Lipinski definition) is 1. The summed E-state index contributed by atoms with van der Waals surface area (Å²) in [4.78, 5) is 38.9. The monoisotopic (exact) mass is 511 g/mol. The van der Waals surface area contributed by atoms with Crippen LogP contribution in [0, 0.1) is 17.5 Å². The molecule has 0 saturated heterocycles. The van der Waals surface area contributed by atoms with Crippen LogP contribution in [-0.4, -0.2) is 62.4 Å². The molecule has 0 unspecified atom stereocenters. The van der Waals surface area contributed by atoms with Gasteiger partial charge in [-0.15, -0.1) is 10.2 Å². The Kier molecular flexibility index (Phi) is 8.21. The molecule has 13 heteroatoms. The van der Waals surface area contributed by atoms with E-state index in [1.54, 1.807) is 32.3 Å². The van der Waals surface area contributed by atoms with Crippen LogP contribution in [0.5, 0.6) is 0 Å². The molecule has 0 spiro atoms. The zero-order valence-electron chi connectivity index (χ0n) is 20.4. The van der Waals surface area contributed by atoms with E-state index in [0.717, 1.165) is 0 Å². The van der Waals surface area contributed by atoms with Gasteiger partial charge < -0.3 is 24.3 Å². The van der Waals surface area contributed by atoms with Crippen molar-refractivity contribution in [2.24, 2.45) is 0 Å². The van der Waals surface area contributed by atoms with Gasteiger partial charge in [0.15, 0.2) is 17.5 Å². The molecule has 196 valence electrons. The van der Waals surface area contributed by atoms with E-state index < -0.39 is 47.1 Å². The molecule has 0 bridgehead atoms. The number of alkyl carbamates (subject to hydrolysis) is 1. The number of rotatable bonds is 7. The lowest BCUT2D eigenvalue weighted by atomic mass is 10.0. The molecule has 1 atom stereocenters. The molecule has 1 aliphatic rings. The van der Waals surface area contributed by atoms with Crippen molar-refractivity contribution >= 4 is 18.0 Å². The van der Waals surface area contributed by atoms with E-state index in [2.05, 4.69) is 15.5 Å². The highest BCUT2D eigenvalue weighted by Crippen LogP contribution is 2.19. The fourth-order valence-electron chi connectivity index (χ4n) is 3.69. The van der Waals surface area contributed by atoms with Crippen LogP contribution in [0.2, 0.25) is 0 Å². The largest absolute Gasteiger partial charge is 0.460 e. The lowest BCUT2D eigenvalue weighted by Crippen LogP contribution is -2.45. The van der Waals surface area contributed by atoms with Crippen molar-refractivity contribution in [3.63, 3.8) is 0 Å². The first-order valence-electron chi connectivity index (χ1n) is 11.4. The van der Waals surface area contributed by atoms with Crippen molar-refractivity contribution in [1.82, 2.24) is 25.0 Å². The van der Waals surface area contributed by atoms with Crippen LogP contribution in [-0.2, 0) is 33.8 Å². The van der Waals surface area contributed by atoms with Gasteiger partial charge in [-0.1, -0.05) is 0 Å². The SMILES string of the molecule is CCOC(=O)c1nnc2n1CCN(C(=O)C[C@@H](Cc1cc(F)c(F)cc1F)NC(=O)OC(C)(C)C)C2. The summed E-state index contributed by atoms with van der Waals surface area (Å²) in [5.74, 6) is -4.21. The number of carbonyl (C=O) groups excluding carboxylic acids is 3. The Morgan fingerprint density at radius 3 is 2.44 bits per heavy atom. The molecule has 1 aromatic carbocycles. The average Bonchev–Trinajstić information content (AvgIpc) is 3.19. The Labute approximate surface area is 205 Å². The Morgan fingerprint density at radius 1 is 1.08 bits per heavy atom. The van der Waals surface area contributed by atoms with Crippen molar-refractivity contribution in [3.8, 4) is 0 Å². The van der Waals surface area contributed by atoms with Gasteiger partial charge in [0.25, 0.3) is 0 Å². The van der Waals surface area contributed by atoms with Crippen LogP contribution in [0.1, 0.15) is 56.1 Å². The number of carbonyl (C=O) groups is 3. The van der Waals surface area contributed by atoms with E-state index in [9.17, 15) is 27.6 Å². The van der Waals surface area contributed by atoms with Crippen LogP contribution in [0.25, 0.3) is 0 Å². The number of amides is 2. The molecule has 2 amide bonds. The minimum Gasteiger partial charge on any atom is -0.460 e. The summed E-state index contributed by atoms with van der Waals surface area (Å²) in [6, 6.07) is 0.121. The predicted octanol–water partition coefficient (Wildman–Crippen LogP) is 2.74. The maximum absolute atomic E-state index is 14.3. The molecule has 2 aromatic rings. The maximum atomic E-state index is 14.3. The second kappa shape index (κ2) is 11.0. The zero-order valence-corrected chi connectivity index (χ0v) is 20.4. The Hall–Kier alpha value is -3.64. The van der Waals surface area contributed by atoms with Crippen LogP contribution < -0.4 is 5.32 Å². The van der Waals surface area contributed by atoms with E-state index in [-0.39, 0.29) is 50.5 Å². The van der Waals surface area contributed by atoms with Gasteiger partial charge >= 0.3 is 12.1 Å². The van der Waals surface area contributed by atoms with Crippen LogP contribution in [0.3, 0.4) is 0 Å². The Balaban J connectivity index is 1.75. The number of ether oxygens (including phenoxy) is 2. The van der Waals surface area contributed by atoms with Crippen LogP contribution >= 0.6 is 0 Å². The smallest absolute Gasteiger partial charge is 0.407 e. The number of esters is 1. The molecule has 1 aliphatic heterocycles. The highest BCUT2D eigenvalue weighted by Gasteiger charge is 2.30. The quantitative estimate of drug-likeness (QED) is 0.449. The third kappa shape index (κ3) is 6.73. The maximum Gasteiger partial charge on any atom is 0.407 e. The van der Waals surface area contributed by atoms with Crippen LogP contribution in [0.4, 0.5) is 18.0 Å². The molecular formula is C23H28F3N5O5. The third-order valence-electron chi connectivity index (χ3n) is 5.26. The van der Waals surface area contributed by atoms with E-state index >= 15 is 0 Å². The fourth-order valence-corrected chi connectivity index (χ4v) is 3.69. The van der Waals surface area contributed by atoms with Gasteiger partial charge in [0.2, 0.25) is 11.7 Å². The predicted molar refractivity (Wildman–Crippen MR) is 119 cm³/mol. The van der Waals surface area contributed by atoms with Crippen molar-refractivity contribution in [3.05, 3.63) is 46.8 Å². The molecule has 1 aromatic heterocycles. The third-order valence-corrected chi connectivity index (χ3v) is 5.26.